The predicted molar refractivity (Wildman–Crippen MR) is 510 cm³/mol. The lowest BCUT2D eigenvalue weighted by Gasteiger charge is -2.31. The number of carboxylic acids is 1. The number of hydrogen-bond acceptors (Lipinski definition) is 25. The molecule has 776 valence electrons. The monoisotopic (exact) mass is 1920 g/mol. The van der Waals surface area contributed by atoms with Gasteiger partial charge in [0.2, 0.25) is 88.6 Å². The van der Waals surface area contributed by atoms with E-state index in [2.05, 4.69) is 90.1 Å². The lowest BCUT2D eigenvalue weighted by Crippen LogP contribution is -2.63. The molecule has 0 aromatic carbocycles. The van der Waals surface area contributed by atoms with Crippen LogP contribution in [0.5, 0.6) is 0 Å². The Morgan fingerprint density at radius 1 is 0.274 bits per heavy atom. The van der Waals surface area contributed by atoms with Crippen molar-refractivity contribution in [3.05, 3.63) is 0 Å². The van der Waals surface area contributed by atoms with Gasteiger partial charge in [0.1, 0.15) is 96.7 Å². The Bertz CT molecular complexity index is 3750. The summed E-state index contributed by atoms with van der Waals surface area (Å²) in [6.45, 7) is 34.9. The van der Waals surface area contributed by atoms with E-state index in [4.69, 9.17) is 28.7 Å². The van der Waals surface area contributed by atoms with Gasteiger partial charge in [-0.2, -0.15) is 0 Å². The van der Waals surface area contributed by atoms with E-state index in [1.54, 1.807) is 125 Å². The van der Waals surface area contributed by atoms with E-state index in [-0.39, 0.29) is 157 Å². The lowest BCUT2D eigenvalue weighted by molar-refractivity contribution is -0.142. The number of rotatable bonds is 69. The average Bonchev–Trinajstić information content (AvgIpc) is 0.852. The van der Waals surface area contributed by atoms with Crippen molar-refractivity contribution >= 4 is 106 Å². The predicted octanol–water partition coefficient (Wildman–Crippen LogP) is -2.57. The summed E-state index contributed by atoms with van der Waals surface area (Å²) in [5.74, 6) is -19.0. The number of carboxylic acid groups (broad SMARTS) is 1. The molecule has 0 saturated carbocycles. The first-order chi connectivity index (χ1) is 63.0. The van der Waals surface area contributed by atoms with Crippen LogP contribution in [0.25, 0.3) is 0 Å². The van der Waals surface area contributed by atoms with Crippen molar-refractivity contribution in [3.8, 4) is 0 Å². The number of nitrogens with two attached hydrogens (primary N) is 5. The summed E-state index contributed by atoms with van der Waals surface area (Å²) >= 11 is 0. The minimum atomic E-state index is -1.81. The second kappa shape index (κ2) is 65.7. The number of nitrogens with one attached hydrogen (secondary N) is 16. The van der Waals surface area contributed by atoms with E-state index >= 15 is 0 Å². The SMILES string of the molecule is CCC(C)[C@H](NC(=O)C(CC(C)C)NC(=O)C(CC(C)C)NC(=O)[C@@H](C)NC(=O)C(CC(C)C)NC(=O)C(O)CO)C(=O)N[C@H](CCCN=C(N)N)C(=O)NC(CC(C)C)C(=O)NC(CC(C)C)C(=O)N[C@@H](C(=O)NC(CCCCN)C(=O)NC(CC(C)C)C(=O)N[C@H](C(=O)NC(CC(C)C)C(=O)N[C@H](C(=O)NC(CCCCN)C(=O)NC(CCCCN)C(=O)O)C(C)O)C(C)O)C(C)C. The van der Waals surface area contributed by atoms with Gasteiger partial charge in [-0.1, -0.05) is 131 Å². The summed E-state index contributed by atoms with van der Waals surface area (Å²) in [4.78, 5) is 245. The van der Waals surface area contributed by atoms with Gasteiger partial charge in [-0.05, 0) is 209 Å². The highest BCUT2D eigenvalue weighted by Gasteiger charge is 2.42. The van der Waals surface area contributed by atoms with Gasteiger partial charge in [-0.3, -0.25) is 81.7 Å². The quantitative estimate of drug-likeness (QED) is 0.0169. The van der Waals surface area contributed by atoms with Gasteiger partial charge in [0.15, 0.2) is 12.1 Å². The molecule has 16 amide bonds. The van der Waals surface area contributed by atoms with E-state index in [0.717, 1.165) is 0 Å². The van der Waals surface area contributed by atoms with Crippen LogP contribution < -0.4 is 114 Å². The highest BCUT2D eigenvalue weighted by atomic mass is 16.4. The molecule has 0 aliphatic carbocycles. The molecule has 0 heterocycles. The fourth-order valence-electron chi connectivity index (χ4n) is 14.5. The zero-order chi connectivity index (χ0) is 104. The van der Waals surface area contributed by atoms with Gasteiger partial charge < -0.3 is 139 Å². The van der Waals surface area contributed by atoms with Gasteiger partial charge in [0, 0.05) is 6.54 Å². The van der Waals surface area contributed by atoms with E-state index in [1.807, 2.05) is 0 Å². The molecule has 0 aliphatic rings. The van der Waals surface area contributed by atoms with E-state index in [9.17, 15) is 107 Å². The normalized spacial score (nSPS) is 16.1. The number of amides is 16. The van der Waals surface area contributed by atoms with Crippen molar-refractivity contribution in [2.24, 2.45) is 86.9 Å². The van der Waals surface area contributed by atoms with Gasteiger partial charge in [-0.15, -0.1) is 0 Å². The van der Waals surface area contributed by atoms with Crippen LogP contribution in [0.4, 0.5) is 0 Å². The minimum absolute atomic E-state index is 0.00665. The van der Waals surface area contributed by atoms with Gasteiger partial charge in [-0.25, -0.2) is 4.79 Å². The van der Waals surface area contributed by atoms with Crippen LogP contribution in [0.15, 0.2) is 4.99 Å². The molecule has 44 heteroatoms. The Hall–Kier alpha value is -10.0. The van der Waals surface area contributed by atoms with Crippen LogP contribution in [-0.2, 0) is 81.5 Å². The molecule has 0 aliphatic heterocycles. The fourth-order valence-corrected chi connectivity index (χ4v) is 14.5. The summed E-state index contributed by atoms with van der Waals surface area (Å²) in [7, 11) is 0. The first-order valence-electron chi connectivity index (χ1n) is 47.9. The van der Waals surface area contributed by atoms with Gasteiger partial charge in [0.05, 0.1) is 18.8 Å². The third-order valence-electron chi connectivity index (χ3n) is 22.1. The largest absolute Gasteiger partial charge is 0.480 e. The Kier molecular flexibility index (Phi) is 60.8. The van der Waals surface area contributed by atoms with Crippen LogP contribution in [0.1, 0.15) is 267 Å². The highest BCUT2D eigenvalue weighted by Crippen LogP contribution is 2.20. The Morgan fingerprint density at radius 2 is 0.504 bits per heavy atom. The highest BCUT2D eigenvalue weighted by molar-refractivity contribution is 6.01. The minimum Gasteiger partial charge on any atom is -0.480 e. The van der Waals surface area contributed by atoms with Crippen LogP contribution in [-0.4, -0.2) is 280 Å². The summed E-state index contributed by atoms with van der Waals surface area (Å²) < 4.78 is 0. The number of guanidine groups is 1. The summed E-state index contributed by atoms with van der Waals surface area (Å²) in [6.07, 6.45) is -2.63. The van der Waals surface area contributed by atoms with Crippen LogP contribution in [0.3, 0.4) is 0 Å². The number of aliphatic carboxylic acids is 1. The number of carbonyl (C=O) groups excluding carboxylic acids is 16. The number of carbonyl (C=O) groups is 17. The standard InChI is InChI=1S/C91H170N22O22/c1-22-54(18)71(111-82(126)66(42-50(10)11)107-79(123)63(39-47(4)5)103-74(118)55(19)98-78(122)62(38-46(2)3)108-85(129)69(117)45-114)87(131)100-60(33-29-37-97-91(95)96)77(121)104-64(40-48(6)7)80(124)106-65(41-49(8)9)81(125)110-70(53(16)17)86(130)99-59(31-24-27-35-93)76(120)105-67(43-51(12)13)83(127)113-73(57(21)116)89(133)109-68(44-52(14)15)84(128)112-72(56(20)115)88(132)101-58(30-23-26-34-92)75(119)102-61(90(134)135)32-25-28-36-94/h46-73,114-117H,22-45,92-94H2,1-21H3,(H,98,122)(H,99,130)(H,100,131)(H,101,132)(H,102,119)(H,103,118)(H,104,121)(H,105,120)(H,106,124)(H,107,123)(H,108,129)(H,109,133)(H,110,125)(H,111,126)(H,112,128)(H,113,127)(H,134,135)(H4,95,96,97)/t54?,55-,56?,57?,58?,59?,60-,61?,62?,63?,64?,65?,66?,67?,68?,69?,70-,71+,72+,73+/m1/s1. The molecule has 0 rings (SSSR count). The molecular formula is C91H170N22O22. The van der Waals surface area contributed by atoms with E-state index in [0.29, 0.717) is 38.5 Å². The number of aliphatic hydroxyl groups excluding tert-OH is 4. The Labute approximate surface area is 797 Å². The Morgan fingerprint density at radius 3 is 0.778 bits per heavy atom. The third-order valence-corrected chi connectivity index (χ3v) is 22.1. The molecule has 0 spiro atoms. The lowest BCUT2D eigenvalue weighted by atomic mass is 9.95. The van der Waals surface area contributed by atoms with E-state index < -0.39 is 234 Å². The maximum absolute atomic E-state index is 14.9. The zero-order valence-corrected chi connectivity index (χ0v) is 83.6. The molecule has 20 atom stereocenters. The summed E-state index contributed by atoms with van der Waals surface area (Å²) in [5, 5.41) is 93.3. The maximum Gasteiger partial charge on any atom is 0.326 e. The molecule has 0 bridgehead atoms. The first-order valence-corrected chi connectivity index (χ1v) is 47.9. The van der Waals surface area contributed by atoms with Crippen LogP contribution in [0.2, 0.25) is 0 Å². The Balaban J connectivity index is 7.34. The van der Waals surface area contributed by atoms with Crippen LogP contribution in [0, 0.1) is 53.3 Å². The number of unbranched alkanes of at least 4 members (excludes halogenated alkanes) is 3. The molecule has 0 saturated heterocycles. The summed E-state index contributed by atoms with van der Waals surface area (Å²) in [5.41, 5.74) is 28.5. The van der Waals surface area contributed by atoms with Crippen LogP contribution >= 0.6 is 0 Å². The van der Waals surface area contributed by atoms with Crippen molar-refractivity contribution in [1.29, 1.82) is 0 Å². The molecule has 44 nitrogen and oxygen atoms in total. The number of aliphatic hydroxyl groups is 4. The molecule has 31 N–H and O–H groups in total. The number of nitrogens with zero attached hydrogens (tertiary/aromatic N) is 1. The number of hydrogen-bond donors (Lipinski definition) is 26. The van der Waals surface area contributed by atoms with Crippen molar-refractivity contribution in [2.75, 3.05) is 32.8 Å². The van der Waals surface area contributed by atoms with Crippen molar-refractivity contribution in [2.45, 2.75) is 382 Å². The topological polar surface area (TPSA) is 726 Å². The second-order valence-corrected chi connectivity index (χ2v) is 38.7. The van der Waals surface area contributed by atoms with Gasteiger partial charge >= 0.3 is 5.97 Å². The molecular weight excluding hydrogens is 1750 g/mol. The molecule has 0 aromatic heterocycles. The third kappa shape index (κ3) is 50.1. The van der Waals surface area contributed by atoms with E-state index in [1.165, 1.54) is 20.8 Å². The summed E-state index contributed by atoms with van der Waals surface area (Å²) in [6, 6.07) is -22.7. The number of aliphatic imine (C=N–C) groups is 1. The zero-order valence-electron chi connectivity index (χ0n) is 83.6. The smallest absolute Gasteiger partial charge is 0.326 e. The maximum atomic E-state index is 14.9. The first kappa shape index (κ1) is 125. The van der Waals surface area contributed by atoms with Crippen molar-refractivity contribution in [3.63, 3.8) is 0 Å². The molecule has 0 radical (unpaired) electrons. The molecule has 135 heavy (non-hydrogen) atoms. The van der Waals surface area contributed by atoms with Crippen molar-refractivity contribution < 1.29 is 107 Å². The molecule has 14 unspecified atom stereocenters. The van der Waals surface area contributed by atoms with Gasteiger partial charge in [0.25, 0.3) is 5.91 Å². The van der Waals surface area contributed by atoms with Crippen molar-refractivity contribution in [1.82, 2.24) is 85.1 Å². The average molecular weight is 1920 g/mol. The molecule has 0 aromatic rings. The second-order valence-electron chi connectivity index (χ2n) is 38.7. The fraction of sp³-hybridized carbons (Fsp3) is 0.802. The molecule has 0 fully saturated rings.